The van der Waals surface area contributed by atoms with Gasteiger partial charge in [-0.25, -0.2) is 0 Å². The molecule has 250 valence electrons. The Balaban J connectivity index is 4.03. The molecule has 0 heterocycles. The van der Waals surface area contributed by atoms with Gasteiger partial charge in [-0.05, 0) is 33.6 Å². The van der Waals surface area contributed by atoms with Crippen LogP contribution in [0.5, 0.6) is 0 Å². The highest BCUT2D eigenvalue weighted by Gasteiger charge is 2.21. The predicted molar refractivity (Wildman–Crippen MR) is 183 cm³/mol. The molecule has 0 spiro atoms. The van der Waals surface area contributed by atoms with Crippen molar-refractivity contribution in [3.8, 4) is 0 Å². The molecule has 0 aromatic heterocycles. The van der Waals surface area contributed by atoms with E-state index in [4.69, 9.17) is 4.74 Å². The van der Waals surface area contributed by atoms with E-state index in [9.17, 15) is 9.59 Å². The minimum atomic E-state index is -0.490. The van der Waals surface area contributed by atoms with Gasteiger partial charge in [0.25, 0.3) is 0 Å². The Morgan fingerprint density at radius 1 is 0.524 bits per heavy atom. The largest absolute Gasteiger partial charge is 0.460 e. The third-order valence-corrected chi connectivity index (χ3v) is 8.36. The lowest BCUT2D eigenvalue weighted by atomic mass is 10.0. The fourth-order valence-electron chi connectivity index (χ4n) is 5.82. The minimum absolute atomic E-state index is 0.0984. The molecule has 0 radical (unpaired) electrons. The molecule has 0 aliphatic rings. The lowest BCUT2D eigenvalue weighted by Crippen LogP contribution is -2.38. The average molecular weight is 594 g/mol. The summed E-state index contributed by atoms with van der Waals surface area (Å²) in [6.45, 7) is 10.3. The van der Waals surface area contributed by atoms with Crippen LogP contribution in [0.1, 0.15) is 221 Å². The minimum Gasteiger partial charge on any atom is -0.460 e. The number of amides is 1. The quantitative estimate of drug-likeness (QED) is 0.0642. The molecule has 0 rings (SSSR count). The van der Waals surface area contributed by atoms with Crippen molar-refractivity contribution in [3.63, 3.8) is 0 Å². The van der Waals surface area contributed by atoms with Gasteiger partial charge >= 0.3 is 5.97 Å². The van der Waals surface area contributed by atoms with Gasteiger partial charge in [0.2, 0.25) is 5.91 Å². The second kappa shape index (κ2) is 30.0. The van der Waals surface area contributed by atoms with Crippen LogP contribution in [-0.4, -0.2) is 23.5 Å². The molecule has 0 saturated carbocycles. The second-order valence-electron chi connectivity index (χ2n) is 14.1. The zero-order valence-electron chi connectivity index (χ0n) is 29.3. The number of esters is 1. The first kappa shape index (κ1) is 40.9. The van der Waals surface area contributed by atoms with E-state index in [2.05, 4.69) is 19.2 Å². The van der Waals surface area contributed by atoms with Gasteiger partial charge in [-0.1, -0.05) is 174 Å². The van der Waals surface area contributed by atoms with Crippen molar-refractivity contribution in [2.75, 3.05) is 0 Å². The van der Waals surface area contributed by atoms with Gasteiger partial charge in [-0.15, -0.1) is 0 Å². The highest BCUT2D eigenvalue weighted by Crippen LogP contribution is 2.17. The first-order valence-corrected chi connectivity index (χ1v) is 18.8. The second-order valence-corrected chi connectivity index (χ2v) is 14.1. The summed E-state index contributed by atoms with van der Waals surface area (Å²) in [5, 5.41) is 3.18. The molecule has 1 atom stereocenters. The zero-order valence-corrected chi connectivity index (χ0v) is 29.3. The van der Waals surface area contributed by atoms with Gasteiger partial charge in [0.05, 0.1) is 6.42 Å². The van der Waals surface area contributed by atoms with E-state index in [1.54, 1.807) is 0 Å². The number of hydrogen-bond acceptors (Lipinski definition) is 3. The Morgan fingerprint density at radius 2 is 0.857 bits per heavy atom. The van der Waals surface area contributed by atoms with Crippen molar-refractivity contribution in [2.45, 2.75) is 232 Å². The number of unbranched alkanes of at least 4 members (excludes halogenated alkanes) is 24. The Bertz CT molecular complexity index is 598. The van der Waals surface area contributed by atoms with Crippen LogP contribution < -0.4 is 5.32 Å². The van der Waals surface area contributed by atoms with E-state index < -0.39 is 5.60 Å². The Hall–Kier alpha value is -1.06. The third kappa shape index (κ3) is 31.9. The van der Waals surface area contributed by atoms with Crippen molar-refractivity contribution < 1.29 is 14.3 Å². The average Bonchev–Trinajstić information content (AvgIpc) is 2.92. The first-order chi connectivity index (χ1) is 20.3. The van der Waals surface area contributed by atoms with Crippen molar-refractivity contribution in [1.29, 1.82) is 0 Å². The Morgan fingerprint density at radius 3 is 1.21 bits per heavy atom. The molecule has 1 amide bonds. The summed E-state index contributed by atoms with van der Waals surface area (Å²) < 4.78 is 5.56. The number of rotatable bonds is 31. The van der Waals surface area contributed by atoms with Crippen molar-refractivity contribution >= 4 is 11.9 Å². The number of hydrogen-bond donors (Lipinski definition) is 1. The van der Waals surface area contributed by atoms with Crippen LogP contribution in [-0.2, 0) is 14.3 Å². The summed E-state index contributed by atoms with van der Waals surface area (Å²) >= 11 is 0. The molecule has 0 aromatic carbocycles. The maximum absolute atomic E-state index is 12.7. The highest BCUT2D eigenvalue weighted by atomic mass is 16.6. The molecule has 0 aromatic rings. The van der Waals surface area contributed by atoms with Gasteiger partial charge in [0.15, 0.2) is 0 Å². The van der Waals surface area contributed by atoms with Crippen LogP contribution in [0, 0.1) is 0 Å². The summed E-state index contributed by atoms with van der Waals surface area (Å²) in [7, 11) is 0. The third-order valence-electron chi connectivity index (χ3n) is 8.36. The summed E-state index contributed by atoms with van der Waals surface area (Å²) in [6, 6.07) is -0.109. The van der Waals surface area contributed by atoms with Gasteiger partial charge in [-0.2, -0.15) is 0 Å². The van der Waals surface area contributed by atoms with E-state index in [0.717, 1.165) is 25.7 Å². The molecule has 0 aliphatic carbocycles. The first-order valence-electron chi connectivity index (χ1n) is 18.8. The maximum Gasteiger partial charge on any atom is 0.308 e. The number of carbonyl (C=O) groups is 2. The zero-order chi connectivity index (χ0) is 31.2. The molecule has 0 fully saturated rings. The van der Waals surface area contributed by atoms with Crippen molar-refractivity contribution in [1.82, 2.24) is 5.32 Å². The monoisotopic (exact) mass is 594 g/mol. The van der Waals surface area contributed by atoms with Crippen molar-refractivity contribution in [2.24, 2.45) is 0 Å². The lowest BCUT2D eigenvalue weighted by Gasteiger charge is -2.23. The maximum atomic E-state index is 12.7. The molecule has 0 bridgehead atoms. The van der Waals surface area contributed by atoms with Gasteiger partial charge in [0.1, 0.15) is 5.60 Å². The molecule has 0 aliphatic heterocycles. The number of nitrogens with one attached hydrogen (secondary N) is 1. The van der Waals surface area contributed by atoms with Crippen LogP contribution in [0.25, 0.3) is 0 Å². The topological polar surface area (TPSA) is 55.4 Å². The summed E-state index contributed by atoms with van der Waals surface area (Å²) in [5.74, 6) is -0.107. The van der Waals surface area contributed by atoms with Crippen LogP contribution in [0.2, 0.25) is 0 Å². The fourth-order valence-corrected chi connectivity index (χ4v) is 5.82. The molecular weight excluding hydrogens is 518 g/mol. The van der Waals surface area contributed by atoms with Crippen LogP contribution in [0.4, 0.5) is 0 Å². The molecule has 4 nitrogen and oxygen atoms in total. The fraction of sp³-hybridized carbons (Fsp3) is 0.947. The van der Waals surface area contributed by atoms with Gasteiger partial charge in [0, 0.05) is 12.5 Å². The molecule has 0 saturated heterocycles. The number of carbonyl (C=O) groups excluding carboxylic acids is 2. The van der Waals surface area contributed by atoms with E-state index in [-0.39, 0.29) is 24.3 Å². The summed E-state index contributed by atoms with van der Waals surface area (Å²) in [6.07, 6.45) is 35.9. The molecular formula is C38H75NO3. The summed E-state index contributed by atoms with van der Waals surface area (Å²) in [4.78, 5) is 25.2. The SMILES string of the molecule is CCCCCCCCCCCCCCCC(=O)NC(CCCCCCCCCCCCCCC)CC(=O)OC(C)(C)C. The molecule has 1 N–H and O–H groups in total. The van der Waals surface area contributed by atoms with Gasteiger partial charge in [-0.3, -0.25) is 9.59 Å². The lowest BCUT2D eigenvalue weighted by molar-refractivity contribution is -0.155. The smallest absolute Gasteiger partial charge is 0.308 e. The standard InChI is InChI=1S/C38H75NO3/c1-6-8-10-12-14-16-18-20-22-24-26-28-30-32-35(34-37(41)42-38(3,4)5)39-36(40)33-31-29-27-25-23-21-19-17-15-13-11-9-7-2/h35H,6-34H2,1-5H3,(H,39,40). The Labute approximate surface area is 263 Å². The summed E-state index contributed by atoms with van der Waals surface area (Å²) in [5.41, 5.74) is -0.490. The van der Waals surface area contributed by atoms with Crippen LogP contribution in [0.3, 0.4) is 0 Å². The predicted octanol–water partition coefficient (Wildman–Crippen LogP) is 12.2. The van der Waals surface area contributed by atoms with Gasteiger partial charge < -0.3 is 10.1 Å². The van der Waals surface area contributed by atoms with Crippen molar-refractivity contribution in [3.05, 3.63) is 0 Å². The molecule has 1 unspecified atom stereocenters. The highest BCUT2D eigenvalue weighted by molar-refractivity contribution is 5.77. The van der Waals surface area contributed by atoms with E-state index in [0.29, 0.717) is 6.42 Å². The van der Waals surface area contributed by atoms with E-state index in [1.165, 1.54) is 148 Å². The van der Waals surface area contributed by atoms with E-state index >= 15 is 0 Å². The van der Waals surface area contributed by atoms with Crippen LogP contribution >= 0.6 is 0 Å². The van der Waals surface area contributed by atoms with Crippen LogP contribution in [0.15, 0.2) is 0 Å². The molecule has 4 heteroatoms. The Kier molecular flexibility index (Phi) is 29.2. The van der Waals surface area contributed by atoms with E-state index in [1.807, 2.05) is 20.8 Å². The number of ether oxygens (including phenoxy) is 1. The normalized spacial score (nSPS) is 12.4. The molecule has 42 heavy (non-hydrogen) atoms.